The summed E-state index contributed by atoms with van der Waals surface area (Å²) in [6, 6.07) is 4.57. The van der Waals surface area contributed by atoms with Gasteiger partial charge in [0.25, 0.3) is 15.6 Å². The highest BCUT2D eigenvalue weighted by molar-refractivity contribution is 7.89. The number of aryl methyl sites for hydroxylation is 2. The van der Waals surface area contributed by atoms with E-state index in [1.807, 2.05) is 20.9 Å². The Hall–Kier alpha value is -2.80. The van der Waals surface area contributed by atoms with Gasteiger partial charge in [-0.3, -0.25) is 4.79 Å². The average Bonchev–Trinajstić information content (AvgIpc) is 3.11. The molecule has 0 bridgehead atoms. The largest absolute Gasteiger partial charge is 0.493 e. The molecule has 0 unspecified atom stereocenters. The van der Waals surface area contributed by atoms with Gasteiger partial charge in [0.15, 0.2) is 11.3 Å². The van der Waals surface area contributed by atoms with Gasteiger partial charge < -0.3 is 14.6 Å². The zero-order valence-corrected chi connectivity index (χ0v) is 20.8. The minimum atomic E-state index is -3.84. The van der Waals surface area contributed by atoms with Crippen molar-refractivity contribution < 1.29 is 13.2 Å². The SMILES string of the molecule is CCCc1nc(C)c2c(=O)[nH]c(-c3cc(S(=O)(=O)NN4CCN(C)CC4)ccc3OCC)nn12. The molecule has 0 amide bonds. The van der Waals surface area contributed by atoms with Crippen LogP contribution in [0.5, 0.6) is 5.75 Å². The fourth-order valence-electron chi connectivity index (χ4n) is 4.01. The monoisotopic (exact) mass is 489 g/mol. The van der Waals surface area contributed by atoms with Gasteiger partial charge in [0, 0.05) is 32.6 Å². The summed E-state index contributed by atoms with van der Waals surface area (Å²) in [6.45, 7) is 8.72. The molecule has 4 rings (SSSR count). The molecule has 1 aromatic carbocycles. The average molecular weight is 490 g/mol. The first-order valence-electron chi connectivity index (χ1n) is 11.4. The maximum Gasteiger partial charge on any atom is 0.277 e. The second-order valence-corrected chi connectivity index (χ2v) is 10.1. The van der Waals surface area contributed by atoms with Crippen LogP contribution >= 0.6 is 0 Å². The normalized spacial score (nSPS) is 15.8. The van der Waals surface area contributed by atoms with Gasteiger partial charge in [-0.15, -0.1) is 9.93 Å². The predicted octanol–water partition coefficient (Wildman–Crippen LogP) is 1.18. The van der Waals surface area contributed by atoms with Crippen LogP contribution < -0.4 is 15.1 Å². The number of likely N-dealkylation sites (N-methyl/N-ethyl adjacent to an activating group) is 1. The Balaban J connectivity index is 1.78. The minimum absolute atomic E-state index is 0.0585. The number of H-pyrrole nitrogens is 1. The molecule has 2 N–H and O–H groups in total. The highest BCUT2D eigenvalue weighted by Crippen LogP contribution is 2.30. The zero-order valence-electron chi connectivity index (χ0n) is 20.0. The van der Waals surface area contributed by atoms with E-state index in [1.165, 1.54) is 12.1 Å². The first-order chi connectivity index (χ1) is 16.2. The maximum atomic E-state index is 13.1. The molecule has 184 valence electrons. The smallest absolute Gasteiger partial charge is 0.277 e. The van der Waals surface area contributed by atoms with Gasteiger partial charge in [0.2, 0.25) is 0 Å². The van der Waals surface area contributed by atoms with Crippen molar-refractivity contribution in [2.45, 2.75) is 38.5 Å². The first-order valence-corrected chi connectivity index (χ1v) is 12.9. The Morgan fingerprint density at radius 3 is 2.59 bits per heavy atom. The second kappa shape index (κ2) is 9.82. The number of nitrogens with one attached hydrogen (secondary N) is 2. The Labute approximate surface area is 198 Å². The van der Waals surface area contributed by atoms with E-state index < -0.39 is 10.0 Å². The molecule has 1 aliphatic rings. The van der Waals surface area contributed by atoms with Gasteiger partial charge in [-0.1, -0.05) is 6.92 Å². The van der Waals surface area contributed by atoms with Gasteiger partial charge in [-0.2, -0.15) is 0 Å². The molecular formula is C22H31N7O4S. The van der Waals surface area contributed by atoms with Crippen molar-refractivity contribution in [1.29, 1.82) is 0 Å². The van der Waals surface area contributed by atoms with E-state index in [9.17, 15) is 13.2 Å². The molecule has 2 aromatic heterocycles. The van der Waals surface area contributed by atoms with Crippen LogP contribution in [0.1, 0.15) is 31.8 Å². The van der Waals surface area contributed by atoms with Crippen LogP contribution in [0.3, 0.4) is 0 Å². The fraction of sp³-hybridized carbons (Fsp3) is 0.500. The van der Waals surface area contributed by atoms with Crippen molar-refractivity contribution in [3.8, 4) is 17.1 Å². The number of nitrogens with zero attached hydrogens (tertiary/aromatic N) is 5. The number of benzene rings is 1. The number of hydrogen-bond donors (Lipinski definition) is 2. The van der Waals surface area contributed by atoms with Gasteiger partial charge in [0.1, 0.15) is 11.6 Å². The topological polar surface area (TPSA) is 125 Å². The van der Waals surface area contributed by atoms with Gasteiger partial charge in [-0.05, 0) is 45.5 Å². The summed E-state index contributed by atoms with van der Waals surface area (Å²) in [6.07, 6.45) is 1.50. The van der Waals surface area contributed by atoms with Crippen LogP contribution in [0.15, 0.2) is 27.9 Å². The number of piperazine rings is 1. The summed E-state index contributed by atoms with van der Waals surface area (Å²) in [5.74, 6) is 1.32. The molecule has 34 heavy (non-hydrogen) atoms. The van der Waals surface area contributed by atoms with E-state index in [2.05, 4.69) is 24.8 Å². The Bertz CT molecular complexity index is 1340. The van der Waals surface area contributed by atoms with Crippen molar-refractivity contribution in [2.75, 3.05) is 39.8 Å². The van der Waals surface area contributed by atoms with Crippen molar-refractivity contribution in [3.05, 3.63) is 40.1 Å². The summed E-state index contributed by atoms with van der Waals surface area (Å²) >= 11 is 0. The minimum Gasteiger partial charge on any atom is -0.493 e. The lowest BCUT2D eigenvalue weighted by Gasteiger charge is -2.32. The van der Waals surface area contributed by atoms with E-state index in [0.717, 1.165) is 19.5 Å². The van der Waals surface area contributed by atoms with E-state index in [0.29, 0.717) is 54.5 Å². The number of ether oxygens (including phenoxy) is 1. The summed E-state index contributed by atoms with van der Waals surface area (Å²) in [5, 5.41) is 6.32. The molecule has 1 fully saturated rings. The predicted molar refractivity (Wildman–Crippen MR) is 128 cm³/mol. The number of aromatic nitrogens is 4. The number of sulfonamides is 1. The zero-order chi connectivity index (χ0) is 24.5. The molecule has 11 nitrogen and oxygen atoms in total. The van der Waals surface area contributed by atoms with E-state index >= 15 is 0 Å². The van der Waals surface area contributed by atoms with E-state index in [1.54, 1.807) is 22.5 Å². The highest BCUT2D eigenvalue weighted by Gasteiger charge is 2.24. The molecule has 0 radical (unpaired) electrons. The molecule has 12 heteroatoms. The van der Waals surface area contributed by atoms with Gasteiger partial charge in [0.05, 0.1) is 22.8 Å². The van der Waals surface area contributed by atoms with Crippen LogP contribution in [-0.4, -0.2) is 77.7 Å². The number of hydrazine groups is 1. The third kappa shape index (κ3) is 4.85. The molecule has 0 atom stereocenters. The lowest BCUT2D eigenvalue weighted by Crippen LogP contribution is -2.52. The van der Waals surface area contributed by atoms with Crippen LogP contribution in [-0.2, 0) is 16.4 Å². The van der Waals surface area contributed by atoms with Crippen LogP contribution in [0.25, 0.3) is 16.9 Å². The third-order valence-electron chi connectivity index (χ3n) is 5.79. The highest BCUT2D eigenvalue weighted by atomic mass is 32.2. The molecular weight excluding hydrogens is 458 g/mol. The van der Waals surface area contributed by atoms with Crippen LogP contribution in [0.4, 0.5) is 0 Å². The number of hydrogen-bond acceptors (Lipinski definition) is 8. The molecule has 0 saturated carbocycles. The quantitative estimate of drug-likeness (QED) is 0.483. The molecule has 3 aromatic rings. The van der Waals surface area contributed by atoms with Crippen LogP contribution in [0, 0.1) is 6.92 Å². The number of fused-ring (bicyclic) bond motifs is 1. The van der Waals surface area contributed by atoms with Crippen molar-refractivity contribution in [3.63, 3.8) is 0 Å². The second-order valence-electron chi connectivity index (χ2n) is 8.40. The molecule has 1 saturated heterocycles. The van der Waals surface area contributed by atoms with Gasteiger partial charge >= 0.3 is 0 Å². The van der Waals surface area contributed by atoms with E-state index in [-0.39, 0.29) is 16.3 Å². The first kappa shape index (κ1) is 24.3. The fourth-order valence-corrected chi connectivity index (χ4v) is 5.15. The Morgan fingerprint density at radius 2 is 1.91 bits per heavy atom. The van der Waals surface area contributed by atoms with Gasteiger partial charge in [-0.25, -0.2) is 22.9 Å². The number of rotatable bonds is 8. The van der Waals surface area contributed by atoms with Crippen molar-refractivity contribution in [2.24, 2.45) is 0 Å². The third-order valence-corrected chi connectivity index (χ3v) is 7.16. The summed E-state index contributed by atoms with van der Waals surface area (Å²) in [4.78, 5) is 25.1. The van der Waals surface area contributed by atoms with E-state index in [4.69, 9.17) is 4.74 Å². The standard InChI is InChI=1S/C22H31N7O4S/c1-5-7-19-23-15(3)20-22(30)24-21(25-29(19)20)17-14-16(8-9-18(17)33-6-2)34(31,32)26-28-12-10-27(4)11-13-28/h8-9,14,26H,5-7,10-13H2,1-4H3,(H,24,25,30). The van der Waals surface area contributed by atoms with Crippen molar-refractivity contribution >= 4 is 15.5 Å². The molecule has 1 aliphatic heterocycles. The van der Waals surface area contributed by atoms with Crippen LogP contribution in [0.2, 0.25) is 0 Å². The lowest BCUT2D eigenvalue weighted by atomic mass is 10.2. The molecule has 0 aliphatic carbocycles. The Morgan fingerprint density at radius 1 is 1.18 bits per heavy atom. The summed E-state index contributed by atoms with van der Waals surface area (Å²) in [7, 11) is -1.84. The molecule has 3 heterocycles. The van der Waals surface area contributed by atoms with Crippen molar-refractivity contribution in [1.82, 2.24) is 34.3 Å². The molecule has 0 spiro atoms. The number of imidazole rings is 1. The number of aromatic amines is 1. The summed E-state index contributed by atoms with van der Waals surface area (Å²) in [5.41, 5.74) is 1.02. The lowest BCUT2D eigenvalue weighted by molar-refractivity contribution is 0.135. The Kier molecular flexibility index (Phi) is 7.03. The summed E-state index contributed by atoms with van der Waals surface area (Å²) < 4.78 is 33.6. The maximum absolute atomic E-state index is 13.1.